The van der Waals surface area contributed by atoms with Crippen molar-refractivity contribution < 1.29 is 14.3 Å². The van der Waals surface area contributed by atoms with E-state index in [1.165, 1.54) is 17.4 Å². The summed E-state index contributed by atoms with van der Waals surface area (Å²) in [7, 11) is 0. The second kappa shape index (κ2) is 5.18. The maximum absolute atomic E-state index is 13.5. The molecule has 0 aliphatic heterocycles. The van der Waals surface area contributed by atoms with Gasteiger partial charge >= 0.3 is 5.97 Å². The van der Waals surface area contributed by atoms with Gasteiger partial charge in [0, 0.05) is 11.4 Å². The van der Waals surface area contributed by atoms with Crippen LogP contribution in [0.4, 0.5) is 10.1 Å². The zero-order chi connectivity index (χ0) is 13.1. The molecule has 0 spiro atoms. The first-order valence-electron chi connectivity index (χ1n) is 5.38. The summed E-state index contributed by atoms with van der Waals surface area (Å²) in [6.45, 7) is 2.30. The highest BCUT2D eigenvalue weighted by Crippen LogP contribution is 2.20. The number of benzene rings is 1. The van der Waals surface area contributed by atoms with Crippen molar-refractivity contribution in [2.75, 3.05) is 5.32 Å². The fraction of sp³-hybridized carbons (Fsp3) is 0.154. The van der Waals surface area contributed by atoms with Crippen LogP contribution in [0.5, 0.6) is 0 Å². The van der Waals surface area contributed by atoms with Gasteiger partial charge in [-0.15, -0.1) is 11.3 Å². The Morgan fingerprint density at radius 2 is 2.17 bits per heavy atom. The van der Waals surface area contributed by atoms with Crippen LogP contribution in [0.15, 0.2) is 30.3 Å². The van der Waals surface area contributed by atoms with Crippen molar-refractivity contribution in [3.8, 4) is 0 Å². The van der Waals surface area contributed by atoms with Crippen LogP contribution in [0, 0.1) is 12.7 Å². The number of carboxylic acids is 1. The molecule has 1 heterocycles. The summed E-state index contributed by atoms with van der Waals surface area (Å²) < 4.78 is 13.5. The topological polar surface area (TPSA) is 49.3 Å². The minimum Gasteiger partial charge on any atom is -0.477 e. The molecule has 0 bridgehead atoms. The smallest absolute Gasteiger partial charge is 0.345 e. The molecular weight excluding hydrogens is 253 g/mol. The summed E-state index contributed by atoms with van der Waals surface area (Å²) in [6.07, 6.45) is 0. The lowest BCUT2D eigenvalue weighted by Crippen LogP contribution is -2.00. The van der Waals surface area contributed by atoms with Crippen molar-refractivity contribution in [1.82, 2.24) is 0 Å². The van der Waals surface area contributed by atoms with Gasteiger partial charge in [-0.25, -0.2) is 9.18 Å². The summed E-state index contributed by atoms with van der Waals surface area (Å²) >= 11 is 1.19. The first-order valence-corrected chi connectivity index (χ1v) is 6.20. The van der Waals surface area contributed by atoms with E-state index in [1.54, 1.807) is 24.3 Å². The molecule has 5 heteroatoms. The van der Waals surface area contributed by atoms with Crippen LogP contribution in [-0.4, -0.2) is 11.1 Å². The maximum Gasteiger partial charge on any atom is 0.345 e. The maximum atomic E-state index is 13.5. The number of aryl methyl sites for hydroxylation is 1. The minimum atomic E-state index is -0.937. The molecule has 18 heavy (non-hydrogen) atoms. The first-order chi connectivity index (χ1) is 8.56. The highest BCUT2D eigenvalue weighted by molar-refractivity contribution is 7.13. The molecule has 0 amide bonds. The average molecular weight is 265 g/mol. The highest BCUT2D eigenvalue weighted by Gasteiger charge is 2.07. The zero-order valence-corrected chi connectivity index (χ0v) is 10.6. The van der Waals surface area contributed by atoms with E-state index < -0.39 is 5.97 Å². The Labute approximate surface area is 108 Å². The van der Waals surface area contributed by atoms with Crippen LogP contribution in [0.1, 0.15) is 20.1 Å². The second-order valence-corrected chi connectivity index (χ2v) is 5.08. The van der Waals surface area contributed by atoms with E-state index in [9.17, 15) is 9.18 Å². The molecule has 2 N–H and O–H groups in total. The van der Waals surface area contributed by atoms with Crippen LogP contribution >= 0.6 is 11.3 Å². The van der Waals surface area contributed by atoms with E-state index in [2.05, 4.69) is 5.32 Å². The largest absolute Gasteiger partial charge is 0.477 e. The highest BCUT2D eigenvalue weighted by atomic mass is 32.1. The average Bonchev–Trinajstić information content (AvgIpc) is 2.79. The number of rotatable bonds is 4. The number of nitrogens with one attached hydrogen (secondary N) is 1. The molecule has 1 aromatic heterocycles. The Bertz CT molecular complexity index is 580. The van der Waals surface area contributed by atoms with Crippen molar-refractivity contribution in [2.24, 2.45) is 0 Å². The van der Waals surface area contributed by atoms with Crippen molar-refractivity contribution in [3.05, 3.63) is 51.5 Å². The molecule has 0 fully saturated rings. The molecule has 2 aromatic rings. The lowest BCUT2D eigenvalue weighted by atomic mass is 10.2. The van der Waals surface area contributed by atoms with Gasteiger partial charge in [-0.1, -0.05) is 6.07 Å². The number of anilines is 1. The summed E-state index contributed by atoms with van der Waals surface area (Å²) in [4.78, 5) is 11.9. The molecule has 0 unspecified atom stereocenters. The van der Waals surface area contributed by atoms with Gasteiger partial charge < -0.3 is 10.4 Å². The monoisotopic (exact) mass is 265 g/mol. The summed E-state index contributed by atoms with van der Waals surface area (Å²) in [5, 5.41) is 11.8. The van der Waals surface area contributed by atoms with E-state index in [0.717, 1.165) is 10.4 Å². The lowest BCUT2D eigenvalue weighted by Gasteiger charge is -2.06. The molecule has 0 saturated carbocycles. The van der Waals surface area contributed by atoms with Crippen molar-refractivity contribution in [3.63, 3.8) is 0 Å². The minimum absolute atomic E-state index is 0.288. The first kappa shape index (κ1) is 12.6. The van der Waals surface area contributed by atoms with Crippen LogP contribution in [0.25, 0.3) is 0 Å². The summed E-state index contributed by atoms with van der Waals surface area (Å²) in [5.74, 6) is -1.25. The lowest BCUT2D eigenvalue weighted by molar-refractivity contribution is 0.0702. The summed E-state index contributed by atoms with van der Waals surface area (Å²) in [5.41, 5.74) is 1.40. The number of hydrogen-bond acceptors (Lipinski definition) is 3. The van der Waals surface area contributed by atoms with Gasteiger partial charge in [0.2, 0.25) is 0 Å². The van der Waals surface area contributed by atoms with Crippen LogP contribution in [0.2, 0.25) is 0 Å². The molecule has 0 aliphatic carbocycles. The number of aromatic carboxylic acids is 1. The predicted molar refractivity (Wildman–Crippen MR) is 69.7 cm³/mol. The molecule has 0 atom stereocenters. The molecule has 2 rings (SSSR count). The Kier molecular flexibility index (Phi) is 3.62. The van der Waals surface area contributed by atoms with Gasteiger partial charge in [0.05, 0.1) is 5.69 Å². The van der Waals surface area contributed by atoms with Gasteiger partial charge in [-0.3, -0.25) is 0 Å². The number of thiophene rings is 1. The van der Waals surface area contributed by atoms with Crippen LogP contribution < -0.4 is 5.32 Å². The Morgan fingerprint density at radius 1 is 1.39 bits per heavy atom. The van der Waals surface area contributed by atoms with Gasteiger partial charge in [0.1, 0.15) is 10.7 Å². The van der Waals surface area contributed by atoms with Crippen LogP contribution in [-0.2, 0) is 6.54 Å². The third-order valence-corrected chi connectivity index (χ3v) is 3.52. The normalized spacial score (nSPS) is 10.3. The number of carbonyl (C=O) groups is 1. The molecule has 0 aliphatic rings. The number of carboxylic acid groups (broad SMARTS) is 1. The molecule has 3 nitrogen and oxygen atoms in total. The second-order valence-electron chi connectivity index (χ2n) is 3.91. The zero-order valence-electron chi connectivity index (χ0n) is 9.74. The summed E-state index contributed by atoms with van der Waals surface area (Å²) in [6, 6.07) is 8.12. The number of hydrogen-bond donors (Lipinski definition) is 2. The van der Waals surface area contributed by atoms with Gasteiger partial charge in [0.15, 0.2) is 0 Å². The quantitative estimate of drug-likeness (QED) is 0.889. The molecule has 1 aromatic carbocycles. The molecule has 0 saturated heterocycles. The van der Waals surface area contributed by atoms with E-state index >= 15 is 0 Å². The van der Waals surface area contributed by atoms with E-state index in [0.29, 0.717) is 12.2 Å². The van der Waals surface area contributed by atoms with E-state index in [1.807, 2.05) is 6.92 Å². The molecule has 0 radical (unpaired) electrons. The van der Waals surface area contributed by atoms with Crippen LogP contribution in [0.3, 0.4) is 0 Å². The van der Waals surface area contributed by atoms with E-state index in [4.69, 9.17) is 5.11 Å². The Morgan fingerprint density at radius 3 is 2.83 bits per heavy atom. The fourth-order valence-electron chi connectivity index (χ4n) is 1.54. The van der Waals surface area contributed by atoms with E-state index in [-0.39, 0.29) is 10.7 Å². The molecular formula is C13H12FNO2S. The number of halogens is 1. The Hall–Kier alpha value is -1.88. The van der Waals surface area contributed by atoms with Crippen molar-refractivity contribution in [1.29, 1.82) is 0 Å². The SMILES string of the molecule is Cc1ccc(F)c(NCc2ccc(C(=O)O)s2)c1. The van der Waals surface area contributed by atoms with Crippen molar-refractivity contribution in [2.45, 2.75) is 13.5 Å². The van der Waals surface area contributed by atoms with Gasteiger partial charge in [-0.2, -0.15) is 0 Å². The standard InChI is InChI=1S/C13H12FNO2S/c1-8-2-4-10(14)11(6-8)15-7-9-3-5-12(18-9)13(16)17/h2-6,15H,7H2,1H3,(H,16,17). The Balaban J connectivity index is 2.06. The van der Waals surface area contributed by atoms with Crippen molar-refractivity contribution >= 4 is 23.0 Å². The third kappa shape index (κ3) is 2.87. The molecule has 94 valence electrons. The van der Waals surface area contributed by atoms with Gasteiger partial charge in [0.25, 0.3) is 0 Å². The third-order valence-electron chi connectivity index (χ3n) is 2.45. The fourth-order valence-corrected chi connectivity index (χ4v) is 2.33. The van der Waals surface area contributed by atoms with Gasteiger partial charge in [-0.05, 0) is 36.8 Å². The predicted octanol–water partition coefficient (Wildman–Crippen LogP) is 3.51.